The summed E-state index contributed by atoms with van der Waals surface area (Å²) in [6.07, 6.45) is 1.79. The lowest BCUT2D eigenvalue weighted by Gasteiger charge is -2.26. The highest BCUT2D eigenvalue weighted by atomic mass is 35.5. The van der Waals surface area contributed by atoms with E-state index in [1.807, 2.05) is 13.8 Å². The van der Waals surface area contributed by atoms with E-state index in [0.29, 0.717) is 29.1 Å². The molecule has 2 atom stereocenters. The Kier molecular flexibility index (Phi) is 13.9. The number of primary amides is 1. The summed E-state index contributed by atoms with van der Waals surface area (Å²) in [6.45, 7) is 10.3. The van der Waals surface area contributed by atoms with Crippen molar-refractivity contribution in [3.63, 3.8) is 0 Å². The van der Waals surface area contributed by atoms with Gasteiger partial charge in [-0.05, 0) is 80.1 Å². The molecule has 0 spiro atoms. The summed E-state index contributed by atoms with van der Waals surface area (Å²) in [4.78, 5) is 40.6. The Hall–Kier alpha value is -2.65. The maximum atomic E-state index is 13.5. The minimum Gasteiger partial charge on any atom is -0.390 e. The molecule has 0 aliphatic heterocycles. The molecule has 0 aliphatic rings. The molecule has 5 N–H and O–H groups in total. The van der Waals surface area contributed by atoms with Gasteiger partial charge >= 0.3 is 0 Å². The summed E-state index contributed by atoms with van der Waals surface area (Å²) in [6, 6.07) is 8.58. The molecule has 0 unspecified atom stereocenters. The minimum absolute atomic E-state index is 0.0537. The van der Waals surface area contributed by atoms with E-state index in [4.69, 9.17) is 28.9 Å². The van der Waals surface area contributed by atoms with Crippen LogP contribution in [0.15, 0.2) is 36.4 Å². The molecule has 0 aromatic heterocycles. The predicted molar refractivity (Wildman–Crippen MR) is 161 cm³/mol. The normalized spacial score (nSPS) is 12.7. The van der Waals surface area contributed by atoms with E-state index >= 15 is 0 Å². The van der Waals surface area contributed by atoms with Crippen molar-refractivity contribution in [1.82, 2.24) is 15.5 Å². The van der Waals surface area contributed by atoms with E-state index in [0.717, 1.165) is 31.4 Å². The number of aliphatic hydroxyl groups excluding tert-OH is 1. The molecule has 10 heteroatoms. The maximum absolute atomic E-state index is 13.5. The number of carbonyl (C=O) groups is 3. The molecule has 0 saturated heterocycles. The van der Waals surface area contributed by atoms with Crippen LogP contribution in [0, 0.1) is 5.92 Å². The Balaban J connectivity index is 2.37. The van der Waals surface area contributed by atoms with Crippen molar-refractivity contribution >= 4 is 40.9 Å². The van der Waals surface area contributed by atoms with E-state index in [9.17, 15) is 19.5 Å². The van der Waals surface area contributed by atoms with Gasteiger partial charge in [-0.25, -0.2) is 0 Å². The third kappa shape index (κ3) is 10.7. The van der Waals surface area contributed by atoms with Gasteiger partial charge in [-0.2, -0.15) is 0 Å². The van der Waals surface area contributed by atoms with Crippen LogP contribution in [-0.4, -0.2) is 66.1 Å². The zero-order chi connectivity index (χ0) is 29.8. The van der Waals surface area contributed by atoms with E-state index in [-0.39, 0.29) is 35.6 Å². The lowest BCUT2D eigenvalue weighted by atomic mass is 9.99. The number of nitrogens with one attached hydrogen (secondary N) is 2. The van der Waals surface area contributed by atoms with Gasteiger partial charge in [0.2, 0.25) is 5.91 Å². The summed E-state index contributed by atoms with van der Waals surface area (Å²) < 4.78 is 0. The Bertz CT molecular complexity index is 1130. The summed E-state index contributed by atoms with van der Waals surface area (Å²) >= 11 is 12.4. The summed E-state index contributed by atoms with van der Waals surface area (Å²) in [5.74, 6) is -1.07. The van der Waals surface area contributed by atoms with Gasteiger partial charge in [-0.1, -0.05) is 50.9 Å². The Morgan fingerprint density at radius 3 is 2.05 bits per heavy atom. The minimum atomic E-state index is -0.945. The van der Waals surface area contributed by atoms with Crippen LogP contribution in [0.1, 0.15) is 83.6 Å². The van der Waals surface area contributed by atoms with Gasteiger partial charge in [-0.3, -0.25) is 14.4 Å². The van der Waals surface area contributed by atoms with Gasteiger partial charge in [0.25, 0.3) is 11.8 Å². The van der Waals surface area contributed by atoms with Gasteiger partial charge < -0.3 is 26.4 Å². The number of nitrogens with zero attached hydrogens (tertiary/aromatic N) is 1. The number of aliphatic hydroxyl groups is 1. The molecule has 0 saturated carbocycles. The lowest BCUT2D eigenvalue weighted by molar-refractivity contribution is 0.0755. The summed E-state index contributed by atoms with van der Waals surface area (Å²) in [5.41, 5.74) is 6.64. The van der Waals surface area contributed by atoms with Crippen molar-refractivity contribution < 1.29 is 19.5 Å². The molecule has 0 fully saturated rings. The molecule has 0 radical (unpaired) electrons. The second kappa shape index (κ2) is 16.6. The fourth-order valence-electron chi connectivity index (χ4n) is 4.36. The average molecular weight is 594 g/mol. The van der Waals surface area contributed by atoms with Crippen molar-refractivity contribution in [3.05, 3.63) is 68.7 Å². The first kappa shape index (κ1) is 33.6. The second-order valence-electron chi connectivity index (χ2n) is 10.5. The molecule has 2 aromatic carbocycles. The highest BCUT2D eigenvalue weighted by Crippen LogP contribution is 2.21. The number of hydrogen-bond donors (Lipinski definition) is 4. The number of halogens is 2. The molecule has 8 nitrogen and oxygen atoms in total. The highest BCUT2D eigenvalue weighted by Gasteiger charge is 2.25. The van der Waals surface area contributed by atoms with Crippen molar-refractivity contribution in [2.75, 3.05) is 26.2 Å². The van der Waals surface area contributed by atoms with Gasteiger partial charge in [0.15, 0.2) is 0 Å². The van der Waals surface area contributed by atoms with Crippen molar-refractivity contribution in [3.8, 4) is 0 Å². The van der Waals surface area contributed by atoms with E-state index in [2.05, 4.69) is 24.5 Å². The number of hydrogen-bond acceptors (Lipinski definition) is 5. The quantitative estimate of drug-likeness (QED) is 0.210. The topological polar surface area (TPSA) is 125 Å². The van der Waals surface area contributed by atoms with Crippen molar-refractivity contribution in [2.45, 2.75) is 65.5 Å². The fourth-order valence-corrected chi connectivity index (χ4v) is 4.93. The third-order valence-electron chi connectivity index (χ3n) is 6.41. The number of carbonyl (C=O) groups excluding carboxylic acids is 3. The largest absolute Gasteiger partial charge is 0.390 e. The SMILES string of the molecule is CCCN(CCC)C(=O)c1cc(C(N)=O)cc(C(=O)N[C@@H](Cc2cc(Cl)cc(Cl)c2)[C@H](O)CNCCC(C)C)c1. The van der Waals surface area contributed by atoms with Crippen molar-refractivity contribution in [1.29, 1.82) is 0 Å². The van der Waals surface area contributed by atoms with Crippen LogP contribution in [0.2, 0.25) is 10.0 Å². The predicted octanol–water partition coefficient (Wildman–Crippen LogP) is 4.69. The van der Waals surface area contributed by atoms with Gasteiger partial charge in [0.1, 0.15) is 0 Å². The summed E-state index contributed by atoms with van der Waals surface area (Å²) in [5, 5.41) is 18.1. The van der Waals surface area contributed by atoms with Gasteiger partial charge in [0.05, 0.1) is 12.1 Å². The standard InChI is InChI=1S/C30H42Cl2N4O4/c1-5-9-36(10-6-2)30(40)23-15-21(28(33)38)14-22(16-23)29(39)35-26(27(37)18-34-8-7-19(3)4)13-20-11-24(31)17-25(32)12-20/h11-12,14-17,19,26-27,34,37H,5-10,13,18H2,1-4H3,(H2,33,38)(H,35,39)/t26-,27+/m0/s1. The smallest absolute Gasteiger partial charge is 0.253 e. The van der Waals surface area contributed by atoms with E-state index in [1.54, 1.807) is 23.1 Å². The highest BCUT2D eigenvalue weighted by molar-refractivity contribution is 6.34. The van der Waals surface area contributed by atoms with Crippen LogP contribution in [0.5, 0.6) is 0 Å². The molecule has 2 aromatic rings. The molecule has 3 amide bonds. The first-order chi connectivity index (χ1) is 18.9. The zero-order valence-corrected chi connectivity index (χ0v) is 25.3. The zero-order valence-electron chi connectivity index (χ0n) is 23.8. The molecule has 2 rings (SSSR count). The first-order valence-electron chi connectivity index (χ1n) is 13.8. The Morgan fingerprint density at radius 2 is 1.50 bits per heavy atom. The summed E-state index contributed by atoms with van der Waals surface area (Å²) in [7, 11) is 0. The molecule has 220 valence electrons. The third-order valence-corrected chi connectivity index (χ3v) is 6.85. The number of nitrogens with two attached hydrogens (primary N) is 1. The number of amides is 3. The lowest BCUT2D eigenvalue weighted by Crippen LogP contribution is -2.49. The van der Waals surface area contributed by atoms with Crippen LogP contribution in [0.3, 0.4) is 0 Å². The first-order valence-corrected chi connectivity index (χ1v) is 14.6. The monoisotopic (exact) mass is 592 g/mol. The molecule has 0 heterocycles. The molecule has 0 bridgehead atoms. The van der Waals surface area contributed by atoms with Crippen LogP contribution in [0.25, 0.3) is 0 Å². The Morgan fingerprint density at radius 1 is 0.925 bits per heavy atom. The maximum Gasteiger partial charge on any atom is 0.253 e. The Labute approximate surface area is 247 Å². The van der Waals surface area contributed by atoms with Crippen LogP contribution >= 0.6 is 23.2 Å². The van der Waals surface area contributed by atoms with Crippen LogP contribution < -0.4 is 16.4 Å². The molecular formula is C30H42Cl2N4O4. The molecular weight excluding hydrogens is 551 g/mol. The molecule has 0 aliphatic carbocycles. The van der Waals surface area contributed by atoms with Crippen molar-refractivity contribution in [2.24, 2.45) is 11.7 Å². The average Bonchev–Trinajstić information content (AvgIpc) is 2.89. The van der Waals surface area contributed by atoms with Crippen LogP contribution in [0.4, 0.5) is 0 Å². The van der Waals surface area contributed by atoms with Gasteiger partial charge in [0, 0.05) is 46.4 Å². The number of rotatable bonds is 16. The fraction of sp³-hybridized carbons (Fsp3) is 0.500. The van der Waals surface area contributed by atoms with Crippen LogP contribution in [-0.2, 0) is 6.42 Å². The van der Waals surface area contributed by atoms with Gasteiger partial charge in [-0.15, -0.1) is 0 Å². The second-order valence-corrected chi connectivity index (χ2v) is 11.3. The molecule has 40 heavy (non-hydrogen) atoms. The number of benzene rings is 2. The van der Waals surface area contributed by atoms with E-state index in [1.165, 1.54) is 18.2 Å². The van der Waals surface area contributed by atoms with E-state index < -0.39 is 24.0 Å².